The average Bonchev–Trinajstić information content (AvgIpc) is 3.12. The Kier molecular flexibility index (Phi) is 5.92. The third-order valence-corrected chi connectivity index (χ3v) is 8.89. The van der Waals surface area contributed by atoms with Gasteiger partial charge in [-0.3, -0.25) is 4.98 Å². The molecular weight excluding hydrogens is 549 g/mol. The van der Waals surface area contributed by atoms with Crippen LogP contribution < -0.4 is 25.9 Å². The zero-order valence-electron chi connectivity index (χ0n) is 24.4. The monoisotopic (exact) mass is 575 g/mol. The van der Waals surface area contributed by atoms with Crippen LogP contribution in [0.3, 0.4) is 0 Å². The topological polar surface area (TPSA) is 31.4 Å². The van der Waals surface area contributed by atoms with Gasteiger partial charge in [0.2, 0.25) is 0 Å². The molecule has 1 aromatic heterocycles. The summed E-state index contributed by atoms with van der Waals surface area (Å²) in [5, 5.41) is 0. The second-order valence-electron chi connectivity index (χ2n) is 11.5. The van der Waals surface area contributed by atoms with Gasteiger partial charge in [-0.25, -0.2) is 0 Å². The van der Waals surface area contributed by atoms with Gasteiger partial charge in [0.1, 0.15) is 23.0 Å². The molecule has 0 saturated carbocycles. The molecule has 2 aliphatic rings. The van der Waals surface area contributed by atoms with Crippen molar-refractivity contribution in [1.29, 1.82) is 0 Å². The Morgan fingerprint density at radius 2 is 0.978 bits per heavy atom. The summed E-state index contributed by atoms with van der Waals surface area (Å²) in [6.45, 7) is -0.0532. The third-order valence-electron chi connectivity index (χ3n) is 8.89. The minimum Gasteiger partial charge on any atom is -0.458 e. The van der Waals surface area contributed by atoms with Crippen molar-refractivity contribution in [1.82, 2.24) is 4.98 Å². The van der Waals surface area contributed by atoms with Gasteiger partial charge in [0.05, 0.1) is 5.69 Å². The summed E-state index contributed by atoms with van der Waals surface area (Å²) in [5.74, 6) is 3.43. The smallest absolute Gasteiger partial charge is 0.260 e. The maximum atomic E-state index is 6.85. The highest BCUT2D eigenvalue weighted by Crippen LogP contribution is 2.42. The maximum Gasteiger partial charge on any atom is 0.260 e. The summed E-state index contributed by atoms with van der Waals surface area (Å²) >= 11 is 0. The van der Waals surface area contributed by atoms with Crippen LogP contribution in [0.15, 0.2) is 158 Å². The Bertz CT molecular complexity index is 2150. The molecule has 0 amide bonds. The molecular formula is C41H26BNO2. The fourth-order valence-corrected chi connectivity index (χ4v) is 6.70. The van der Waals surface area contributed by atoms with E-state index in [9.17, 15) is 0 Å². The van der Waals surface area contributed by atoms with Crippen LogP contribution in [0, 0.1) is 0 Å². The number of rotatable bonds is 4. The van der Waals surface area contributed by atoms with E-state index in [0.717, 1.165) is 72.9 Å². The lowest BCUT2D eigenvalue weighted by molar-refractivity contribution is 0.465. The molecule has 2 aliphatic heterocycles. The Morgan fingerprint density at radius 3 is 1.60 bits per heavy atom. The van der Waals surface area contributed by atoms with Gasteiger partial charge < -0.3 is 9.47 Å². The molecule has 210 valence electrons. The predicted molar refractivity (Wildman–Crippen MR) is 184 cm³/mol. The molecule has 0 N–H and O–H groups in total. The Morgan fingerprint density at radius 1 is 0.422 bits per heavy atom. The Hall–Kier alpha value is -5.87. The van der Waals surface area contributed by atoms with E-state index in [-0.39, 0.29) is 6.71 Å². The normalized spacial score (nSPS) is 12.3. The Labute approximate surface area is 262 Å². The molecule has 0 bridgehead atoms. The van der Waals surface area contributed by atoms with Crippen LogP contribution in [-0.4, -0.2) is 11.7 Å². The van der Waals surface area contributed by atoms with Crippen LogP contribution in [0.2, 0.25) is 0 Å². The lowest BCUT2D eigenvalue weighted by atomic mass is 9.34. The summed E-state index contributed by atoms with van der Waals surface area (Å²) in [4.78, 5) is 4.52. The molecule has 6 aromatic carbocycles. The number of ether oxygens (including phenoxy) is 2. The quantitative estimate of drug-likeness (QED) is 0.197. The van der Waals surface area contributed by atoms with E-state index >= 15 is 0 Å². The first-order valence-corrected chi connectivity index (χ1v) is 15.2. The van der Waals surface area contributed by atoms with E-state index in [4.69, 9.17) is 9.47 Å². The minimum atomic E-state index is -0.0532. The van der Waals surface area contributed by atoms with E-state index in [1.54, 1.807) is 0 Å². The number of nitrogens with zero attached hydrogens (tertiary/aromatic N) is 1. The lowest BCUT2D eigenvalue weighted by Crippen LogP contribution is -2.57. The van der Waals surface area contributed by atoms with Gasteiger partial charge in [-0.2, -0.15) is 0 Å². The van der Waals surface area contributed by atoms with Crippen molar-refractivity contribution in [3.8, 4) is 67.6 Å². The molecule has 9 rings (SSSR count). The highest BCUT2D eigenvalue weighted by Gasteiger charge is 2.41. The zero-order chi connectivity index (χ0) is 29.7. The molecule has 0 aliphatic carbocycles. The molecule has 0 radical (unpaired) electrons. The highest BCUT2D eigenvalue weighted by molar-refractivity contribution is 6.98. The molecule has 3 nitrogen and oxygen atoms in total. The van der Waals surface area contributed by atoms with E-state index in [1.807, 2.05) is 24.4 Å². The average molecular weight is 575 g/mol. The number of hydrogen-bond acceptors (Lipinski definition) is 3. The Balaban J connectivity index is 1.23. The summed E-state index contributed by atoms with van der Waals surface area (Å²) in [5.41, 5.74) is 12.2. The maximum absolute atomic E-state index is 6.85. The van der Waals surface area contributed by atoms with Gasteiger partial charge in [0.15, 0.2) is 0 Å². The molecule has 0 fully saturated rings. The molecule has 0 spiro atoms. The third kappa shape index (κ3) is 4.34. The van der Waals surface area contributed by atoms with Crippen LogP contribution in [0.25, 0.3) is 44.6 Å². The van der Waals surface area contributed by atoms with E-state index < -0.39 is 0 Å². The van der Waals surface area contributed by atoms with Crippen LogP contribution in [-0.2, 0) is 0 Å². The fourth-order valence-electron chi connectivity index (χ4n) is 6.70. The van der Waals surface area contributed by atoms with Crippen molar-refractivity contribution in [2.75, 3.05) is 0 Å². The molecule has 4 heteroatoms. The van der Waals surface area contributed by atoms with Crippen LogP contribution in [0.5, 0.6) is 23.0 Å². The van der Waals surface area contributed by atoms with Crippen molar-refractivity contribution < 1.29 is 9.47 Å². The molecule has 0 atom stereocenters. The van der Waals surface area contributed by atoms with Crippen molar-refractivity contribution >= 4 is 23.1 Å². The van der Waals surface area contributed by atoms with Gasteiger partial charge in [-0.05, 0) is 75.1 Å². The minimum absolute atomic E-state index is 0.0532. The zero-order valence-corrected chi connectivity index (χ0v) is 24.4. The van der Waals surface area contributed by atoms with E-state index in [2.05, 4.69) is 138 Å². The fraction of sp³-hybridized carbons (Fsp3) is 0. The summed E-state index contributed by atoms with van der Waals surface area (Å²) < 4.78 is 13.5. The first-order chi connectivity index (χ1) is 22.3. The van der Waals surface area contributed by atoms with Gasteiger partial charge >= 0.3 is 0 Å². The molecule has 7 aromatic rings. The highest BCUT2D eigenvalue weighted by atomic mass is 16.5. The SMILES string of the molecule is c1ccc(-c2ccc3c(c2)B2c4cc(-c5ccccc5)ccc4Oc4c(-c5ccc(-c6ccccn6)cc5)ccc(c42)O3)cc1. The molecule has 3 heterocycles. The number of fused-ring (bicyclic) bond motifs is 4. The van der Waals surface area contributed by atoms with Gasteiger partial charge in [-0.15, -0.1) is 0 Å². The van der Waals surface area contributed by atoms with E-state index in [0.29, 0.717) is 0 Å². The molecule has 0 unspecified atom stereocenters. The number of benzene rings is 6. The van der Waals surface area contributed by atoms with Crippen LogP contribution >= 0.6 is 0 Å². The standard InChI is InChI=1S/C41H26BNO2/c1-3-9-27(10-4-1)31-18-21-37-34(25-31)42-35-26-32(28-11-5-2-6-12-28)19-22-38(35)45-41-33(20-23-39(44-37)40(41)42)29-14-16-30(17-15-29)36-13-7-8-24-43-36/h1-26H. The summed E-state index contributed by atoms with van der Waals surface area (Å²) in [7, 11) is 0. The predicted octanol–water partition coefficient (Wildman–Crippen LogP) is 8.48. The first kappa shape index (κ1) is 25.6. The summed E-state index contributed by atoms with van der Waals surface area (Å²) in [6, 6.07) is 52.9. The van der Waals surface area contributed by atoms with Crippen molar-refractivity contribution in [2.24, 2.45) is 0 Å². The second kappa shape index (κ2) is 10.4. The molecule has 45 heavy (non-hydrogen) atoms. The second-order valence-corrected chi connectivity index (χ2v) is 11.5. The first-order valence-electron chi connectivity index (χ1n) is 15.2. The number of pyridine rings is 1. The van der Waals surface area contributed by atoms with Crippen LogP contribution in [0.1, 0.15) is 0 Å². The van der Waals surface area contributed by atoms with E-state index in [1.165, 1.54) is 11.1 Å². The van der Waals surface area contributed by atoms with Crippen molar-refractivity contribution in [2.45, 2.75) is 0 Å². The summed E-state index contributed by atoms with van der Waals surface area (Å²) in [6.07, 6.45) is 1.83. The van der Waals surface area contributed by atoms with Crippen LogP contribution in [0.4, 0.5) is 0 Å². The van der Waals surface area contributed by atoms with Crippen molar-refractivity contribution in [3.63, 3.8) is 0 Å². The number of aromatic nitrogens is 1. The number of hydrogen-bond donors (Lipinski definition) is 0. The van der Waals surface area contributed by atoms with Crippen molar-refractivity contribution in [3.05, 3.63) is 158 Å². The van der Waals surface area contributed by atoms with Gasteiger partial charge in [-0.1, -0.05) is 115 Å². The molecule has 0 saturated heterocycles. The largest absolute Gasteiger partial charge is 0.458 e. The lowest BCUT2D eigenvalue weighted by Gasteiger charge is -2.34. The van der Waals surface area contributed by atoms with Gasteiger partial charge in [0, 0.05) is 22.8 Å². The van der Waals surface area contributed by atoms with Gasteiger partial charge in [0.25, 0.3) is 6.71 Å².